The molecule has 4 nitrogen and oxygen atoms in total. The van der Waals surface area contributed by atoms with Gasteiger partial charge in [-0.1, -0.05) is 36.7 Å². The number of hydrogen-bond acceptors (Lipinski definition) is 4. The van der Waals surface area contributed by atoms with E-state index in [-0.39, 0.29) is 0 Å². The van der Waals surface area contributed by atoms with E-state index < -0.39 is 5.54 Å². The average molecular weight is 280 g/mol. The van der Waals surface area contributed by atoms with E-state index in [9.17, 15) is 0 Å². The first-order valence-electron chi connectivity index (χ1n) is 6.40. The molecule has 1 heterocycles. The van der Waals surface area contributed by atoms with E-state index in [0.29, 0.717) is 16.7 Å². The summed E-state index contributed by atoms with van der Waals surface area (Å²) in [5.74, 6) is 1.01. The van der Waals surface area contributed by atoms with Gasteiger partial charge in [0.2, 0.25) is 0 Å². The van der Waals surface area contributed by atoms with Gasteiger partial charge in [-0.15, -0.1) is 0 Å². The van der Waals surface area contributed by atoms with Gasteiger partial charge >= 0.3 is 0 Å². The fourth-order valence-electron chi connectivity index (χ4n) is 1.94. The molecule has 5 heteroatoms. The number of aromatic nitrogens is 2. The molecule has 0 radical (unpaired) electrons. The molecule has 0 aliphatic carbocycles. The van der Waals surface area contributed by atoms with Crippen molar-refractivity contribution in [2.75, 3.05) is 0 Å². The zero-order valence-electron chi connectivity index (χ0n) is 11.4. The van der Waals surface area contributed by atoms with Crippen LogP contribution in [0.15, 0.2) is 22.7 Å². The van der Waals surface area contributed by atoms with E-state index >= 15 is 0 Å². The molecule has 0 bridgehead atoms. The van der Waals surface area contributed by atoms with Crippen LogP contribution in [0.2, 0.25) is 5.02 Å². The second kappa shape index (κ2) is 5.31. The van der Waals surface area contributed by atoms with Crippen molar-refractivity contribution in [2.24, 2.45) is 5.73 Å². The van der Waals surface area contributed by atoms with Crippen molar-refractivity contribution in [1.29, 1.82) is 0 Å². The Morgan fingerprint density at radius 2 is 2.00 bits per heavy atom. The molecule has 0 saturated heterocycles. The maximum absolute atomic E-state index is 6.27. The van der Waals surface area contributed by atoms with Crippen molar-refractivity contribution in [3.05, 3.63) is 34.6 Å². The van der Waals surface area contributed by atoms with E-state index in [2.05, 4.69) is 10.1 Å². The predicted octanol–water partition coefficient (Wildman–Crippen LogP) is 3.67. The third-order valence-electron chi connectivity index (χ3n) is 3.63. The van der Waals surface area contributed by atoms with E-state index in [1.165, 1.54) is 0 Å². The number of halogens is 1. The molecule has 2 rings (SSSR count). The van der Waals surface area contributed by atoms with Crippen LogP contribution in [-0.4, -0.2) is 10.1 Å². The van der Waals surface area contributed by atoms with Crippen molar-refractivity contribution in [2.45, 2.75) is 39.2 Å². The second-order valence-corrected chi connectivity index (χ2v) is 5.11. The van der Waals surface area contributed by atoms with Crippen LogP contribution in [0.4, 0.5) is 0 Å². The molecular formula is C14H18ClN3O. The normalized spacial score (nSPS) is 11.8. The topological polar surface area (TPSA) is 64.9 Å². The largest absolute Gasteiger partial charge is 0.334 e. The summed E-state index contributed by atoms with van der Waals surface area (Å²) in [7, 11) is 0. The lowest BCUT2D eigenvalue weighted by molar-refractivity contribution is 0.350. The minimum atomic E-state index is -0.534. The number of nitrogens with two attached hydrogens (primary N) is 1. The molecule has 0 saturated carbocycles. The van der Waals surface area contributed by atoms with Gasteiger partial charge in [-0.25, -0.2) is 0 Å². The van der Waals surface area contributed by atoms with Crippen LogP contribution in [0, 0.1) is 6.92 Å². The maximum atomic E-state index is 6.27. The van der Waals surface area contributed by atoms with Gasteiger partial charge in [-0.2, -0.15) is 4.98 Å². The van der Waals surface area contributed by atoms with Crippen molar-refractivity contribution >= 4 is 11.6 Å². The number of nitrogens with zero attached hydrogens (tertiary/aromatic N) is 2. The lowest BCUT2D eigenvalue weighted by Crippen LogP contribution is -2.36. The van der Waals surface area contributed by atoms with E-state index in [4.69, 9.17) is 21.9 Å². The van der Waals surface area contributed by atoms with Gasteiger partial charge < -0.3 is 10.3 Å². The van der Waals surface area contributed by atoms with Crippen LogP contribution >= 0.6 is 11.6 Å². The zero-order valence-corrected chi connectivity index (χ0v) is 12.2. The van der Waals surface area contributed by atoms with E-state index in [1.807, 2.05) is 39.0 Å². The Bertz CT molecular complexity index is 576. The molecule has 0 amide bonds. The Hall–Kier alpha value is -1.39. The highest BCUT2D eigenvalue weighted by molar-refractivity contribution is 6.31. The quantitative estimate of drug-likeness (QED) is 0.927. The Morgan fingerprint density at radius 1 is 1.32 bits per heavy atom. The standard InChI is InChI=1S/C14H18ClN3O/c1-4-14(16,5-2)13-17-12(19-18-13)10-7-6-8-11(15)9(10)3/h6-8H,4-5,16H2,1-3H3. The molecule has 0 unspecified atom stereocenters. The molecule has 0 aliphatic rings. The minimum Gasteiger partial charge on any atom is -0.334 e. The third kappa shape index (κ3) is 2.51. The third-order valence-corrected chi connectivity index (χ3v) is 4.04. The number of benzene rings is 1. The summed E-state index contributed by atoms with van der Waals surface area (Å²) in [6.45, 7) is 5.96. The summed E-state index contributed by atoms with van der Waals surface area (Å²) in [5.41, 5.74) is 7.51. The Morgan fingerprint density at radius 3 is 2.63 bits per heavy atom. The van der Waals surface area contributed by atoms with Crippen molar-refractivity contribution in [3.8, 4) is 11.5 Å². The maximum Gasteiger partial charge on any atom is 0.258 e. The van der Waals surface area contributed by atoms with Gasteiger partial charge in [0.05, 0.1) is 5.54 Å². The van der Waals surface area contributed by atoms with Crippen LogP contribution in [0.5, 0.6) is 0 Å². The van der Waals surface area contributed by atoms with Crippen molar-refractivity contribution in [1.82, 2.24) is 10.1 Å². The Balaban J connectivity index is 2.44. The highest BCUT2D eigenvalue weighted by Gasteiger charge is 2.29. The van der Waals surface area contributed by atoms with Crippen LogP contribution in [0.3, 0.4) is 0 Å². The summed E-state index contributed by atoms with van der Waals surface area (Å²) >= 11 is 6.10. The summed E-state index contributed by atoms with van der Waals surface area (Å²) < 4.78 is 5.34. The molecule has 1 aromatic carbocycles. The Kier molecular flexibility index (Phi) is 3.92. The van der Waals surface area contributed by atoms with Gasteiger partial charge in [0.1, 0.15) is 0 Å². The van der Waals surface area contributed by atoms with Gasteiger partial charge in [0.25, 0.3) is 5.89 Å². The van der Waals surface area contributed by atoms with Gasteiger partial charge in [-0.3, -0.25) is 0 Å². The zero-order chi connectivity index (χ0) is 14.0. The highest BCUT2D eigenvalue weighted by Crippen LogP contribution is 2.30. The first-order valence-corrected chi connectivity index (χ1v) is 6.78. The van der Waals surface area contributed by atoms with E-state index in [1.54, 1.807) is 0 Å². The van der Waals surface area contributed by atoms with Crippen LogP contribution in [-0.2, 0) is 5.54 Å². The summed E-state index contributed by atoms with van der Waals surface area (Å²) in [4.78, 5) is 4.43. The van der Waals surface area contributed by atoms with Crippen LogP contribution < -0.4 is 5.73 Å². The van der Waals surface area contributed by atoms with Gasteiger partial charge in [0, 0.05) is 10.6 Å². The Labute approximate surface area is 118 Å². The predicted molar refractivity (Wildman–Crippen MR) is 75.9 cm³/mol. The lowest BCUT2D eigenvalue weighted by Gasteiger charge is -2.21. The smallest absolute Gasteiger partial charge is 0.258 e. The van der Waals surface area contributed by atoms with E-state index in [0.717, 1.165) is 24.0 Å². The molecule has 1 aromatic heterocycles. The summed E-state index contributed by atoms with van der Waals surface area (Å²) in [6, 6.07) is 5.61. The molecule has 19 heavy (non-hydrogen) atoms. The molecule has 102 valence electrons. The molecule has 0 spiro atoms. The molecule has 0 aliphatic heterocycles. The SMILES string of the molecule is CCC(N)(CC)c1noc(-c2cccc(Cl)c2C)n1. The first kappa shape index (κ1) is 14.0. The second-order valence-electron chi connectivity index (χ2n) is 4.70. The molecule has 2 aromatic rings. The first-order chi connectivity index (χ1) is 9.01. The molecule has 0 fully saturated rings. The van der Waals surface area contributed by atoms with Crippen LogP contribution in [0.1, 0.15) is 38.1 Å². The fourth-order valence-corrected chi connectivity index (χ4v) is 2.12. The lowest BCUT2D eigenvalue weighted by atomic mass is 9.93. The summed E-state index contributed by atoms with van der Waals surface area (Å²) in [6.07, 6.45) is 1.52. The van der Waals surface area contributed by atoms with Crippen molar-refractivity contribution < 1.29 is 4.52 Å². The highest BCUT2D eigenvalue weighted by atomic mass is 35.5. The van der Waals surface area contributed by atoms with Gasteiger partial charge in [0.15, 0.2) is 5.82 Å². The fraction of sp³-hybridized carbons (Fsp3) is 0.429. The van der Waals surface area contributed by atoms with Crippen LogP contribution in [0.25, 0.3) is 11.5 Å². The number of hydrogen-bond donors (Lipinski definition) is 1. The number of rotatable bonds is 4. The molecule has 0 atom stereocenters. The molecular weight excluding hydrogens is 262 g/mol. The van der Waals surface area contributed by atoms with Crippen molar-refractivity contribution in [3.63, 3.8) is 0 Å². The average Bonchev–Trinajstić information content (AvgIpc) is 2.91. The molecule has 2 N–H and O–H groups in total. The minimum absolute atomic E-state index is 0.465. The van der Waals surface area contributed by atoms with Gasteiger partial charge in [-0.05, 0) is 37.5 Å². The monoisotopic (exact) mass is 279 g/mol. The summed E-state index contributed by atoms with van der Waals surface area (Å²) in [5, 5.41) is 4.71.